The van der Waals surface area contributed by atoms with Crippen LogP contribution in [-0.2, 0) is 11.2 Å². The molecule has 1 aliphatic rings. The van der Waals surface area contributed by atoms with Crippen LogP contribution in [0.25, 0.3) is 10.9 Å². The van der Waals surface area contributed by atoms with E-state index >= 15 is 0 Å². The second kappa shape index (κ2) is 6.22. The van der Waals surface area contributed by atoms with E-state index in [2.05, 4.69) is 34.6 Å². The smallest absolute Gasteiger partial charge is 0.219 e. The highest BCUT2D eigenvalue weighted by molar-refractivity contribution is 5.78. The van der Waals surface area contributed by atoms with Crippen LogP contribution in [0.1, 0.15) is 12.5 Å². The van der Waals surface area contributed by atoms with Gasteiger partial charge in [0.15, 0.2) is 0 Å². The van der Waals surface area contributed by atoms with Crippen LogP contribution >= 0.6 is 0 Å². The lowest BCUT2D eigenvalue weighted by Crippen LogP contribution is -2.34. The van der Waals surface area contributed by atoms with Crippen LogP contribution in [0.3, 0.4) is 0 Å². The van der Waals surface area contributed by atoms with Crippen molar-refractivity contribution in [3.8, 4) is 0 Å². The summed E-state index contributed by atoms with van der Waals surface area (Å²) in [5, 5.41) is 4.61. The molecular formula is C17H21N3O. The Morgan fingerprint density at radius 2 is 2.33 bits per heavy atom. The van der Waals surface area contributed by atoms with E-state index in [1.54, 1.807) is 6.92 Å². The second-order valence-electron chi connectivity index (χ2n) is 5.77. The van der Waals surface area contributed by atoms with Gasteiger partial charge in [-0.1, -0.05) is 12.1 Å². The first-order valence-corrected chi connectivity index (χ1v) is 7.52. The summed E-state index contributed by atoms with van der Waals surface area (Å²) in [6.07, 6.45) is 2.81. The minimum absolute atomic E-state index is 0.173. The van der Waals surface area contributed by atoms with Crippen LogP contribution in [0.15, 0.2) is 36.5 Å². The predicted octanol–water partition coefficient (Wildman–Crippen LogP) is 1.85. The van der Waals surface area contributed by atoms with Crippen LogP contribution in [0.5, 0.6) is 0 Å². The largest absolute Gasteiger partial charge is 0.341 e. The van der Waals surface area contributed by atoms with E-state index in [4.69, 9.17) is 0 Å². The lowest BCUT2D eigenvalue weighted by atomic mass is 9.97. The Labute approximate surface area is 125 Å². The van der Waals surface area contributed by atoms with Gasteiger partial charge in [-0.15, -0.1) is 0 Å². The van der Waals surface area contributed by atoms with E-state index in [0.29, 0.717) is 5.92 Å². The Balaban J connectivity index is 1.75. The number of nitrogens with zero attached hydrogens (tertiary/aromatic N) is 2. The van der Waals surface area contributed by atoms with E-state index in [1.807, 2.05) is 17.2 Å². The van der Waals surface area contributed by atoms with Crippen molar-refractivity contribution in [1.29, 1.82) is 0 Å². The molecule has 0 saturated carbocycles. The molecule has 0 bridgehead atoms. The average molecular weight is 283 g/mol. The number of hydrogen-bond donors (Lipinski definition) is 1. The number of pyridine rings is 1. The van der Waals surface area contributed by atoms with Gasteiger partial charge in [-0.2, -0.15) is 0 Å². The van der Waals surface area contributed by atoms with Crippen molar-refractivity contribution in [3.63, 3.8) is 0 Å². The van der Waals surface area contributed by atoms with Gasteiger partial charge in [-0.25, -0.2) is 0 Å². The summed E-state index contributed by atoms with van der Waals surface area (Å²) in [5.41, 5.74) is 2.35. The first-order valence-electron chi connectivity index (χ1n) is 7.52. The lowest BCUT2D eigenvalue weighted by molar-refractivity contribution is -0.129. The number of amides is 1. The fourth-order valence-electron chi connectivity index (χ4n) is 3.00. The zero-order chi connectivity index (χ0) is 14.7. The van der Waals surface area contributed by atoms with Gasteiger partial charge in [-0.3, -0.25) is 9.78 Å². The van der Waals surface area contributed by atoms with Crippen molar-refractivity contribution in [2.24, 2.45) is 5.92 Å². The highest BCUT2D eigenvalue weighted by Crippen LogP contribution is 2.17. The fraction of sp³-hybridized carbons (Fsp3) is 0.412. The Morgan fingerprint density at radius 1 is 1.43 bits per heavy atom. The molecule has 1 aromatic carbocycles. The molecule has 110 valence electrons. The van der Waals surface area contributed by atoms with Crippen LogP contribution in [0.2, 0.25) is 0 Å². The van der Waals surface area contributed by atoms with E-state index in [1.165, 1.54) is 10.9 Å². The van der Waals surface area contributed by atoms with Gasteiger partial charge in [-0.05, 0) is 36.1 Å². The maximum atomic E-state index is 11.6. The van der Waals surface area contributed by atoms with Gasteiger partial charge >= 0.3 is 0 Å². The van der Waals surface area contributed by atoms with Gasteiger partial charge in [0, 0.05) is 44.7 Å². The van der Waals surface area contributed by atoms with Gasteiger partial charge in [0.05, 0.1) is 5.52 Å². The third-order valence-corrected chi connectivity index (χ3v) is 4.11. The molecule has 1 aliphatic heterocycles. The number of aromatic nitrogens is 1. The van der Waals surface area contributed by atoms with Gasteiger partial charge in [0.1, 0.15) is 0 Å². The molecule has 1 amide bonds. The van der Waals surface area contributed by atoms with Crippen molar-refractivity contribution < 1.29 is 4.79 Å². The topological polar surface area (TPSA) is 45.2 Å². The molecule has 0 aliphatic carbocycles. The van der Waals surface area contributed by atoms with Crippen LogP contribution in [0.4, 0.5) is 0 Å². The maximum absolute atomic E-state index is 11.6. The zero-order valence-electron chi connectivity index (χ0n) is 12.4. The Bertz CT molecular complexity index is 641. The van der Waals surface area contributed by atoms with Crippen molar-refractivity contribution in [2.75, 3.05) is 26.2 Å². The number of fused-ring (bicyclic) bond motifs is 1. The molecule has 4 heteroatoms. The summed E-state index contributed by atoms with van der Waals surface area (Å²) in [4.78, 5) is 17.9. The summed E-state index contributed by atoms with van der Waals surface area (Å²) >= 11 is 0. The van der Waals surface area contributed by atoms with Crippen molar-refractivity contribution in [2.45, 2.75) is 13.3 Å². The average Bonchev–Trinajstić information content (AvgIpc) is 2.73. The molecule has 1 fully saturated rings. The standard InChI is InChI=1S/C17H21N3O/c1-13(21)20-8-7-18-11-15(12-20)9-14-4-5-17-16(10-14)3-2-6-19-17/h2-6,10,15,18H,7-9,11-12H2,1H3. The lowest BCUT2D eigenvalue weighted by Gasteiger charge is -2.22. The maximum Gasteiger partial charge on any atom is 0.219 e. The molecule has 2 aromatic rings. The third-order valence-electron chi connectivity index (χ3n) is 4.11. The molecule has 3 rings (SSSR count). The van der Waals surface area contributed by atoms with E-state index < -0.39 is 0 Å². The van der Waals surface area contributed by atoms with Gasteiger partial charge in [0.2, 0.25) is 5.91 Å². The number of carbonyl (C=O) groups excluding carboxylic acids is 1. The van der Waals surface area contributed by atoms with E-state index in [9.17, 15) is 4.79 Å². The fourth-order valence-corrected chi connectivity index (χ4v) is 3.00. The highest BCUT2D eigenvalue weighted by Gasteiger charge is 2.19. The van der Waals surface area contributed by atoms with Crippen molar-refractivity contribution in [3.05, 3.63) is 42.1 Å². The minimum Gasteiger partial charge on any atom is -0.341 e. The first kappa shape index (κ1) is 14.0. The number of benzene rings is 1. The van der Waals surface area contributed by atoms with E-state index in [-0.39, 0.29) is 5.91 Å². The molecule has 0 radical (unpaired) electrons. The SMILES string of the molecule is CC(=O)N1CCNCC(Cc2ccc3ncccc3c2)C1. The summed E-state index contributed by atoms with van der Waals surface area (Å²) in [5.74, 6) is 0.636. The van der Waals surface area contributed by atoms with Crippen LogP contribution in [-0.4, -0.2) is 42.0 Å². The normalized spacial score (nSPS) is 19.5. The summed E-state index contributed by atoms with van der Waals surface area (Å²) < 4.78 is 0. The first-order chi connectivity index (χ1) is 10.2. The zero-order valence-corrected chi connectivity index (χ0v) is 12.4. The third kappa shape index (κ3) is 3.39. The van der Waals surface area contributed by atoms with Gasteiger partial charge in [0.25, 0.3) is 0 Å². The van der Waals surface area contributed by atoms with Crippen LogP contribution < -0.4 is 5.32 Å². The molecule has 1 atom stereocenters. The number of hydrogen-bond acceptors (Lipinski definition) is 3. The number of rotatable bonds is 2. The molecular weight excluding hydrogens is 262 g/mol. The highest BCUT2D eigenvalue weighted by atomic mass is 16.2. The molecule has 0 spiro atoms. The molecule has 1 N–H and O–H groups in total. The summed E-state index contributed by atoms with van der Waals surface area (Å²) in [6, 6.07) is 10.5. The number of carbonyl (C=O) groups is 1. The Kier molecular flexibility index (Phi) is 4.15. The summed E-state index contributed by atoms with van der Waals surface area (Å²) in [7, 11) is 0. The Morgan fingerprint density at radius 3 is 3.19 bits per heavy atom. The molecule has 21 heavy (non-hydrogen) atoms. The molecule has 1 aromatic heterocycles. The van der Waals surface area contributed by atoms with E-state index in [0.717, 1.165) is 38.1 Å². The monoisotopic (exact) mass is 283 g/mol. The number of nitrogens with one attached hydrogen (secondary N) is 1. The Hall–Kier alpha value is -1.94. The second-order valence-corrected chi connectivity index (χ2v) is 5.77. The molecule has 2 heterocycles. The van der Waals surface area contributed by atoms with Crippen molar-refractivity contribution >= 4 is 16.8 Å². The van der Waals surface area contributed by atoms with Crippen LogP contribution in [0, 0.1) is 5.92 Å². The van der Waals surface area contributed by atoms with Crippen molar-refractivity contribution in [1.82, 2.24) is 15.2 Å². The minimum atomic E-state index is 0.173. The molecule has 1 unspecified atom stereocenters. The molecule has 4 nitrogen and oxygen atoms in total. The predicted molar refractivity (Wildman–Crippen MR) is 84.1 cm³/mol. The van der Waals surface area contributed by atoms with Gasteiger partial charge < -0.3 is 10.2 Å². The molecule has 1 saturated heterocycles. The quantitative estimate of drug-likeness (QED) is 0.915. The summed E-state index contributed by atoms with van der Waals surface area (Å²) in [6.45, 7) is 5.16.